The maximum atomic E-state index is 11.8. The van der Waals surface area contributed by atoms with Crippen LogP contribution in [-0.2, 0) is 14.2 Å². The van der Waals surface area contributed by atoms with Crippen LogP contribution in [0.2, 0.25) is 0 Å². The Bertz CT molecular complexity index is 624. The first-order valence-corrected chi connectivity index (χ1v) is 16.5. The van der Waals surface area contributed by atoms with Crippen LogP contribution in [-0.4, -0.2) is 99.3 Å². The number of rotatable bonds is 8. The minimum atomic E-state index is -0.454. The minimum absolute atomic E-state index is 0.174. The van der Waals surface area contributed by atoms with Gasteiger partial charge in [0.05, 0.1) is 18.8 Å². The summed E-state index contributed by atoms with van der Waals surface area (Å²) in [6, 6.07) is 0. The molecule has 2 rings (SSSR count). The number of ether oxygens (including phenoxy) is 3. The lowest BCUT2D eigenvalue weighted by atomic mass is 10.2. The number of β-amino-alcohol motifs (C(OH)–C–C–N with tert-alkyl or cyclic N) is 1. The number of aliphatic hydroxyl groups is 1. The van der Waals surface area contributed by atoms with Gasteiger partial charge in [-0.1, -0.05) is 47.8 Å². The molecule has 2 heterocycles. The number of carbonyl (C=O) groups is 2. The molecule has 2 atom stereocenters. The van der Waals surface area contributed by atoms with E-state index in [4.69, 9.17) is 14.2 Å². The Morgan fingerprint density at radius 2 is 1.19 bits per heavy atom. The van der Waals surface area contributed by atoms with E-state index in [1.165, 1.54) is 17.7 Å². The molecule has 2 amide bonds. The fraction of sp³-hybridized carbons (Fsp3) is 0.923. The summed E-state index contributed by atoms with van der Waals surface area (Å²) < 4.78 is 16.2. The molecule has 220 valence electrons. The number of amides is 2. The molecule has 0 saturated carbocycles. The third-order valence-corrected chi connectivity index (χ3v) is 6.69. The van der Waals surface area contributed by atoms with E-state index < -0.39 is 11.2 Å². The van der Waals surface area contributed by atoms with Gasteiger partial charge in [0, 0.05) is 42.2 Å². The lowest BCUT2D eigenvalue weighted by Crippen LogP contribution is -2.36. The molecule has 1 N–H and O–H groups in total. The van der Waals surface area contributed by atoms with Crippen molar-refractivity contribution in [3.63, 3.8) is 0 Å². The predicted octanol–water partition coefficient (Wildman–Crippen LogP) is 6.73. The molecule has 0 aromatic rings. The molecule has 0 aliphatic carbocycles. The highest BCUT2D eigenvalue weighted by Crippen LogP contribution is 2.18. The second-order valence-electron chi connectivity index (χ2n) is 11.1. The van der Waals surface area contributed by atoms with Gasteiger partial charge < -0.3 is 29.1 Å². The number of hydrogen-bond acceptors (Lipinski definition) is 6. The van der Waals surface area contributed by atoms with Gasteiger partial charge in [-0.25, -0.2) is 9.59 Å². The third kappa shape index (κ3) is 20.5. The lowest BCUT2D eigenvalue weighted by molar-refractivity contribution is 0.0207. The number of halogens is 3. The maximum Gasteiger partial charge on any atom is 0.410 e. The number of alkyl halides is 3. The largest absolute Gasteiger partial charge is 0.444 e. The number of nitrogens with zero attached hydrogens (tertiary/aromatic N) is 2. The highest BCUT2D eigenvalue weighted by molar-refractivity contribution is 9.09. The zero-order chi connectivity index (χ0) is 28.5. The monoisotopic (exact) mass is 722 g/mol. The van der Waals surface area contributed by atoms with Gasteiger partial charge >= 0.3 is 12.2 Å². The van der Waals surface area contributed by atoms with Gasteiger partial charge in [-0.3, -0.25) is 0 Å². The fourth-order valence-electron chi connectivity index (χ4n) is 3.23. The van der Waals surface area contributed by atoms with Crippen molar-refractivity contribution < 1.29 is 28.9 Å². The second-order valence-corrected chi connectivity index (χ2v) is 13.4. The van der Waals surface area contributed by atoms with E-state index in [1.807, 2.05) is 41.5 Å². The summed E-state index contributed by atoms with van der Waals surface area (Å²) in [4.78, 5) is 26.5. The SMILES string of the molecule is BrCCCCBr.CC(C)(C)OC(=O)N1CC[C@@H](O)C1.CC(C)(C)OC(=O)N1CC[C@@H](OCCCCBr)C1. The summed E-state index contributed by atoms with van der Waals surface area (Å²) in [6.45, 7) is 14.3. The Kier molecular flexibility index (Phi) is 19.8. The van der Waals surface area contributed by atoms with E-state index in [-0.39, 0.29) is 24.4 Å². The van der Waals surface area contributed by atoms with E-state index in [0.717, 1.165) is 48.4 Å². The molecule has 2 aliphatic heterocycles. The quantitative estimate of drug-likeness (QED) is 0.221. The summed E-state index contributed by atoms with van der Waals surface area (Å²) in [6.07, 6.45) is 5.55. The molecular formula is C26H49Br3N2O6. The molecule has 0 bridgehead atoms. The number of likely N-dealkylation sites (tertiary alicyclic amines) is 2. The molecule has 2 fully saturated rings. The Balaban J connectivity index is 0.000000594. The summed E-state index contributed by atoms with van der Waals surface area (Å²) in [5.74, 6) is 0. The van der Waals surface area contributed by atoms with Crippen LogP contribution in [0.5, 0.6) is 0 Å². The lowest BCUT2D eigenvalue weighted by Gasteiger charge is -2.24. The van der Waals surface area contributed by atoms with Crippen molar-refractivity contribution in [3.8, 4) is 0 Å². The second kappa shape index (κ2) is 19.9. The number of hydrogen-bond donors (Lipinski definition) is 1. The van der Waals surface area contributed by atoms with Gasteiger partial charge in [-0.2, -0.15) is 0 Å². The van der Waals surface area contributed by atoms with Crippen molar-refractivity contribution in [1.29, 1.82) is 0 Å². The molecule has 0 spiro atoms. The smallest absolute Gasteiger partial charge is 0.410 e. The van der Waals surface area contributed by atoms with Gasteiger partial charge in [0.2, 0.25) is 0 Å². The van der Waals surface area contributed by atoms with Crippen molar-refractivity contribution >= 4 is 60.0 Å². The molecule has 8 nitrogen and oxygen atoms in total. The third-order valence-electron chi connectivity index (χ3n) is 5.01. The Morgan fingerprint density at radius 3 is 1.59 bits per heavy atom. The van der Waals surface area contributed by atoms with Gasteiger partial charge in [0.25, 0.3) is 0 Å². The van der Waals surface area contributed by atoms with Crippen LogP contribution >= 0.6 is 47.8 Å². The summed E-state index contributed by atoms with van der Waals surface area (Å²) in [7, 11) is 0. The van der Waals surface area contributed by atoms with Crippen LogP contribution in [0.25, 0.3) is 0 Å². The van der Waals surface area contributed by atoms with E-state index >= 15 is 0 Å². The molecule has 0 aromatic carbocycles. The molecule has 0 unspecified atom stereocenters. The predicted molar refractivity (Wildman–Crippen MR) is 160 cm³/mol. The maximum absolute atomic E-state index is 11.8. The summed E-state index contributed by atoms with van der Waals surface area (Å²) >= 11 is 10.1. The van der Waals surface area contributed by atoms with Crippen LogP contribution in [0, 0.1) is 0 Å². The first-order valence-electron chi connectivity index (χ1n) is 13.2. The van der Waals surface area contributed by atoms with Crippen LogP contribution in [0.1, 0.15) is 80.1 Å². The van der Waals surface area contributed by atoms with Gasteiger partial charge in [-0.05, 0) is 80.1 Å². The van der Waals surface area contributed by atoms with Crippen molar-refractivity contribution in [2.24, 2.45) is 0 Å². The molecule has 0 radical (unpaired) electrons. The average Bonchev–Trinajstić information content (AvgIpc) is 3.43. The van der Waals surface area contributed by atoms with E-state index in [1.54, 1.807) is 4.90 Å². The molecule has 2 aliphatic rings. The topological polar surface area (TPSA) is 88.5 Å². The van der Waals surface area contributed by atoms with Crippen LogP contribution in [0.4, 0.5) is 9.59 Å². The Hall–Kier alpha value is -0.100. The van der Waals surface area contributed by atoms with Crippen molar-refractivity contribution in [2.45, 2.75) is 103 Å². The standard InChI is InChI=1S/C13H24BrNO3.C9H17NO3.C4H8Br2/c1-13(2,3)18-12(16)15-8-6-11(10-15)17-9-5-4-7-14;1-9(2,3)13-8(12)10-5-4-7(11)6-10;5-3-1-2-4-6/h11H,4-10H2,1-3H3;7,11H,4-6H2,1-3H3;1-4H2/t11-;7-;/m11./s1. The molecular weight excluding hydrogens is 676 g/mol. The molecule has 11 heteroatoms. The summed E-state index contributed by atoms with van der Waals surface area (Å²) in [5.41, 5.74) is -0.878. The van der Waals surface area contributed by atoms with Gasteiger partial charge in [0.15, 0.2) is 0 Å². The molecule has 37 heavy (non-hydrogen) atoms. The molecule has 2 saturated heterocycles. The van der Waals surface area contributed by atoms with E-state index in [2.05, 4.69) is 47.8 Å². The number of aliphatic hydroxyl groups excluding tert-OH is 1. The van der Waals surface area contributed by atoms with Crippen LogP contribution in [0.15, 0.2) is 0 Å². The minimum Gasteiger partial charge on any atom is -0.444 e. The zero-order valence-corrected chi connectivity index (χ0v) is 28.3. The first-order chi connectivity index (χ1) is 17.2. The molecule has 0 aromatic heterocycles. The Labute approximate surface area is 249 Å². The zero-order valence-electron chi connectivity index (χ0n) is 23.6. The normalized spacial score (nSPS) is 19.5. The van der Waals surface area contributed by atoms with E-state index in [9.17, 15) is 14.7 Å². The van der Waals surface area contributed by atoms with Crippen LogP contribution in [0.3, 0.4) is 0 Å². The highest BCUT2D eigenvalue weighted by Gasteiger charge is 2.30. The number of unbranched alkanes of at least 4 members (excludes halogenated alkanes) is 2. The van der Waals surface area contributed by atoms with Crippen molar-refractivity contribution in [2.75, 3.05) is 48.8 Å². The first kappa shape index (κ1) is 36.9. The average molecular weight is 725 g/mol. The fourth-order valence-corrected chi connectivity index (χ4v) is 4.42. The Morgan fingerprint density at radius 1 is 0.757 bits per heavy atom. The van der Waals surface area contributed by atoms with Crippen molar-refractivity contribution in [1.82, 2.24) is 9.80 Å². The van der Waals surface area contributed by atoms with Crippen molar-refractivity contribution in [3.05, 3.63) is 0 Å². The summed E-state index contributed by atoms with van der Waals surface area (Å²) in [5, 5.41) is 12.5. The number of carbonyl (C=O) groups excluding carboxylic acids is 2. The van der Waals surface area contributed by atoms with Gasteiger partial charge in [0.1, 0.15) is 11.2 Å². The van der Waals surface area contributed by atoms with Crippen LogP contribution < -0.4 is 0 Å². The highest BCUT2D eigenvalue weighted by atomic mass is 79.9. The van der Waals surface area contributed by atoms with Gasteiger partial charge in [-0.15, -0.1) is 0 Å². The van der Waals surface area contributed by atoms with E-state index in [0.29, 0.717) is 26.1 Å².